The van der Waals surface area contributed by atoms with Gasteiger partial charge in [0.25, 0.3) is 0 Å². The van der Waals surface area contributed by atoms with Gasteiger partial charge in [0.2, 0.25) is 0 Å². The Morgan fingerprint density at radius 2 is 1.61 bits per heavy atom. The Labute approximate surface area is 222 Å². The predicted octanol–water partition coefficient (Wildman–Crippen LogP) is 7.71. The van der Waals surface area contributed by atoms with Gasteiger partial charge in [0, 0.05) is 17.0 Å². The maximum absolute atomic E-state index is 13.6. The molecule has 0 fully saturated rings. The minimum atomic E-state index is -4.54. The lowest BCUT2D eigenvalue weighted by atomic mass is 10.1. The first-order chi connectivity index (χ1) is 17.8. The van der Waals surface area contributed by atoms with Crippen molar-refractivity contribution < 1.29 is 37.3 Å². The number of rotatable bonds is 8. The first-order valence-electron chi connectivity index (χ1n) is 11.5. The van der Waals surface area contributed by atoms with E-state index in [4.69, 9.17) is 25.8 Å². The summed E-state index contributed by atoms with van der Waals surface area (Å²) < 4.78 is 59.4. The number of benzene rings is 3. The summed E-state index contributed by atoms with van der Waals surface area (Å²) in [4.78, 5) is 11.5. The quantitative estimate of drug-likeness (QED) is 0.245. The van der Waals surface area contributed by atoms with Gasteiger partial charge in [-0.1, -0.05) is 11.6 Å². The van der Waals surface area contributed by atoms with Crippen LogP contribution in [0.4, 0.5) is 13.2 Å². The topological polar surface area (TPSA) is 69.9 Å². The molecule has 200 valence electrons. The van der Waals surface area contributed by atoms with Crippen molar-refractivity contribution >= 4 is 28.5 Å². The van der Waals surface area contributed by atoms with Crippen LogP contribution < -0.4 is 14.2 Å². The second kappa shape index (κ2) is 10.1. The Morgan fingerprint density at radius 3 is 2.21 bits per heavy atom. The van der Waals surface area contributed by atoms with Crippen LogP contribution in [0.3, 0.4) is 0 Å². The highest BCUT2D eigenvalue weighted by atomic mass is 35.5. The van der Waals surface area contributed by atoms with Crippen LogP contribution >= 0.6 is 11.6 Å². The third kappa shape index (κ3) is 5.52. The molecule has 0 unspecified atom stereocenters. The Morgan fingerprint density at radius 1 is 0.974 bits per heavy atom. The lowest BCUT2D eigenvalue weighted by Crippen LogP contribution is -2.37. The Kier molecular flexibility index (Phi) is 7.25. The minimum Gasteiger partial charge on any atom is -0.497 e. The number of fused-ring (bicyclic) bond motifs is 1. The number of ether oxygens (including phenoxy) is 3. The van der Waals surface area contributed by atoms with Crippen molar-refractivity contribution in [2.45, 2.75) is 39.1 Å². The molecule has 4 aromatic rings. The van der Waals surface area contributed by atoms with Crippen molar-refractivity contribution in [3.63, 3.8) is 0 Å². The van der Waals surface area contributed by atoms with Gasteiger partial charge in [0.15, 0.2) is 11.4 Å². The number of carboxylic acids is 1. The summed E-state index contributed by atoms with van der Waals surface area (Å²) in [5, 5.41) is 10.2. The smallest absolute Gasteiger partial charge is 0.416 e. The van der Waals surface area contributed by atoms with Crippen molar-refractivity contribution in [3.05, 3.63) is 82.5 Å². The zero-order valence-electron chi connectivity index (χ0n) is 21.0. The van der Waals surface area contributed by atoms with Gasteiger partial charge >= 0.3 is 12.1 Å². The maximum atomic E-state index is 13.6. The van der Waals surface area contributed by atoms with E-state index in [1.54, 1.807) is 55.0 Å². The fraction of sp³-hybridized carbons (Fsp3) is 0.250. The highest BCUT2D eigenvalue weighted by molar-refractivity contribution is 6.31. The molecule has 6 nitrogen and oxygen atoms in total. The number of aliphatic carboxylic acids is 1. The first kappa shape index (κ1) is 27.2. The average molecular weight is 548 g/mol. The minimum absolute atomic E-state index is 0.0825. The van der Waals surface area contributed by atoms with Crippen LogP contribution in [0, 0.1) is 6.92 Å². The number of hydrogen-bond acceptors (Lipinski definition) is 4. The van der Waals surface area contributed by atoms with Gasteiger partial charge in [0.1, 0.15) is 17.2 Å². The van der Waals surface area contributed by atoms with Gasteiger partial charge in [-0.05, 0) is 87.0 Å². The highest BCUT2D eigenvalue weighted by Crippen LogP contribution is 2.40. The molecule has 0 aliphatic rings. The summed E-state index contributed by atoms with van der Waals surface area (Å²) in [6.45, 7) is 4.65. The van der Waals surface area contributed by atoms with E-state index in [9.17, 15) is 23.1 Å². The molecule has 0 bridgehead atoms. The third-order valence-corrected chi connectivity index (χ3v) is 6.48. The van der Waals surface area contributed by atoms with Crippen LogP contribution in [-0.4, -0.2) is 28.4 Å². The van der Waals surface area contributed by atoms with Gasteiger partial charge in [0.05, 0.1) is 23.9 Å². The maximum Gasteiger partial charge on any atom is 0.416 e. The monoisotopic (exact) mass is 547 g/mol. The Hall–Kier alpha value is -3.85. The number of aromatic nitrogens is 1. The second-order valence-electron chi connectivity index (χ2n) is 9.18. The normalized spacial score (nSPS) is 12.0. The van der Waals surface area contributed by atoms with Gasteiger partial charge in [-0.3, -0.25) is 0 Å². The largest absolute Gasteiger partial charge is 0.497 e. The van der Waals surface area contributed by atoms with E-state index in [-0.39, 0.29) is 12.3 Å². The molecule has 3 aromatic carbocycles. The van der Waals surface area contributed by atoms with E-state index in [1.807, 2.05) is 0 Å². The summed E-state index contributed by atoms with van der Waals surface area (Å²) >= 11 is 6.44. The molecule has 0 aliphatic heterocycles. The van der Waals surface area contributed by atoms with Gasteiger partial charge in [-0.15, -0.1) is 0 Å². The van der Waals surface area contributed by atoms with Crippen LogP contribution in [0.2, 0.25) is 5.02 Å². The van der Waals surface area contributed by atoms with E-state index < -0.39 is 23.3 Å². The molecule has 0 radical (unpaired) electrons. The molecule has 38 heavy (non-hydrogen) atoms. The van der Waals surface area contributed by atoms with Crippen molar-refractivity contribution in [2.75, 3.05) is 7.11 Å². The fourth-order valence-corrected chi connectivity index (χ4v) is 4.14. The molecule has 10 heteroatoms. The molecule has 0 amide bonds. The van der Waals surface area contributed by atoms with Gasteiger partial charge in [-0.25, -0.2) is 4.79 Å². The number of halogens is 4. The standard InChI is InChI=1S/C28H25ClF3NO5/c1-16-25(37-20-8-6-19(36-4)7-9-20)22-11-5-18(28(30,31)32)14-24(22)33(16)15-17-13-21(10-12-23(17)29)38-27(2,3)26(34)35/h5-14H,15H2,1-4H3,(H,34,35). The molecule has 1 aromatic heterocycles. The second-order valence-corrected chi connectivity index (χ2v) is 9.59. The van der Waals surface area contributed by atoms with Crippen LogP contribution in [0.15, 0.2) is 60.7 Å². The number of carbonyl (C=O) groups is 1. The molecule has 4 rings (SSSR count). The first-order valence-corrected chi connectivity index (χ1v) is 11.9. The average Bonchev–Trinajstić information content (AvgIpc) is 3.11. The lowest BCUT2D eigenvalue weighted by molar-refractivity contribution is -0.152. The molecule has 1 heterocycles. The van der Waals surface area contributed by atoms with Crippen LogP contribution in [0.25, 0.3) is 10.9 Å². The summed E-state index contributed by atoms with van der Waals surface area (Å²) in [6.07, 6.45) is -4.54. The molecule has 0 saturated carbocycles. The SMILES string of the molecule is COc1ccc(Oc2c(C)n(Cc3cc(OC(C)(C)C(=O)O)ccc3Cl)c3cc(C(F)(F)F)ccc23)cc1. The van der Waals surface area contributed by atoms with Gasteiger partial charge in [-0.2, -0.15) is 13.2 Å². The summed E-state index contributed by atoms with van der Waals surface area (Å²) in [6, 6.07) is 15.0. The number of methoxy groups -OCH3 is 1. The van der Waals surface area contributed by atoms with E-state index in [0.29, 0.717) is 44.4 Å². The van der Waals surface area contributed by atoms with E-state index in [2.05, 4.69) is 0 Å². The summed E-state index contributed by atoms with van der Waals surface area (Å²) in [7, 11) is 1.54. The third-order valence-electron chi connectivity index (χ3n) is 6.11. The molecular weight excluding hydrogens is 523 g/mol. The lowest BCUT2D eigenvalue weighted by Gasteiger charge is -2.22. The summed E-state index contributed by atoms with van der Waals surface area (Å²) in [5.41, 5.74) is -0.898. The van der Waals surface area contributed by atoms with Crippen LogP contribution in [0.1, 0.15) is 30.7 Å². The van der Waals surface area contributed by atoms with Crippen molar-refractivity contribution in [1.82, 2.24) is 4.57 Å². The molecule has 0 aliphatic carbocycles. The number of alkyl halides is 3. The fourth-order valence-electron chi connectivity index (χ4n) is 3.96. The Balaban J connectivity index is 1.81. The predicted molar refractivity (Wildman–Crippen MR) is 138 cm³/mol. The molecular formula is C28H25ClF3NO5. The number of nitrogens with zero attached hydrogens (tertiary/aromatic N) is 1. The molecule has 0 spiro atoms. The zero-order chi connectivity index (χ0) is 27.8. The van der Waals surface area contributed by atoms with Crippen molar-refractivity contribution in [3.8, 4) is 23.0 Å². The van der Waals surface area contributed by atoms with E-state index >= 15 is 0 Å². The zero-order valence-corrected chi connectivity index (χ0v) is 21.8. The molecule has 1 N–H and O–H groups in total. The molecule has 0 saturated heterocycles. The van der Waals surface area contributed by atoms with E-state index in [0.717, 1.165) is 12.1 Å². The summed E-state index contributed by atoms with van der Waals surface area (Å²) in [5.74, 6) is 0.624. The number of hydrogen-bond donors (Lipinski definition) is 1. The van der Waals surface area contributed by atoms with E-state index in [1.165, 1.54) is 26.0 Å². The highest BCUT2D eigenvalue weighted by Gasteiger charge is 2.32. The molecule has 0 atom stereocenters. The Bertz CT molecular complexity index is 1490. The van der Waals surface area contributed by atoms with Crippen LogP contribution in [0.5, 0.6) is 23.0 Å². The van der Waals surface area contributed by atoms with Gasteiger partial charge < -0.3 is 23.9 Å². The van der Waals surface area contributed by atoms with Crippen molar-refractivity contribution in [1.29, 1.82) is 0 Å². The van der Waals surface area contributed by atoms with Crippen molar-refractivity contribution in [2.24, 2.45) is 0 Å². The van der Waals surface area contributed by atoms with Crippen LogP contribution in [-0.2, 0) is 17.5 Å². The number of carboxylic acid groups (broad SMARTS) is 1.